The number of unbranched alkanes of at least 4 members (excludes halogenated alkanes) is 6. The van der Waals surface area contributed by atoms with Gasteiger partial charge in [-0.1, -0.05) is 37.5 Å². The molecule has 0 aromatic carbocycles. The van der Waals surface area contributed by atoms with Gasteiger partial charge in [0.15, 0.2) is 0 Å². The number of hydrogen-bond donors (Lipinski definition) is 1. The molecule has 28 heavy (non-hydrogen) atoms. The normalized spacial score (nSPS) is 25.1. The summed E-state index contributed by atoms with van der Waals surface area (Å²) in [4.78, 5) is 11.1. The first-order valence-corrected chi connectivity index (χ1v) is 10.8. The summed E-state index contributed by atoms with van der Waals surface area (Å²) in [5, 5.41) is 8.84. The fraction of sp³-hybridized carbons (Fsp3) is 0.783. The van der Waals surface area contributed by atoms with Gasteiger partial charge in [0.1, 0.15) is 0 Å². The summed E-state index contributed by atoms with van der Waals surface area (Å²) in [6, 6.07) is 0. The summed E-state index contributed by atoms with van der Waals surface area (Å²) < 4.78 is 16.1. The van der Waals surface area contributed by atoms with E-state index in [2.05, 4.69) is 16.9 Å². The van der Waals surface area contributed by atoms with Crippen molar-refractivity contribution in [2.45, 2.75) is 76.4 Å². The average molecular weight is 397 g/mol. The third-order valence-electron chi connectivity index (χ3n) is 5.72. The summed E-state index contributed by atoms with van der Waals surface area (Å²) in [5.74, 6) is 0.586. The minimum Gasteiger partial charge on any atom is -0.466 e. The minimum atomic E-state index is -0.292. The topological polar surface area (TPSA) is 65.0 Å². The average Bonchev–Trinajstić information content (AvgIpc) is 3.06. The summed E-state index contributed by atoms with van der Waals surface area (Å²) in [7, 11) is 5.00. The predicted molar refractivity (Wildman–Crippen MR) is 112 cm³/mol. The van der Waals surface area contributed by atoms with Gasteiger partial charge in [-0.25, -0.2) is 4.79 Å². The Balaban J connectivity index is 2.46. The van der Waals surface area contributed by atoms with Crippen molar-refractivity contribution in [1.29, 1.82) is 0 Å². The Morgan fingerprint density at radius 2 is 1.61 bits per heavy atom. The molecule has 0 amide bonds. The SMILES string of the molecule is COC(=O)C=CCCCCC1[C@@H](OC)C[C@@H](OC)[C@@H]1/C=C/CCCCCCO. The Morgan fingerprint density at radius 3 is 2.29 bits per heavy atom. The molecule has 0 aromatic rings. The van der Waals surface area contributed by atoms with Crippen LogP contribution in [0, 0.1) is 11.8 Å². The van der Waals surface area contributed by atoms with E-state index >= 15 is 0 Å². The molecule has 1 aliphatic carbocycles. The van der Waals surface area contributed by atoms with Crippen molar-refractivity contribution in [3.63, 3.8) is 0 Å². The van der Waals surface area contributed by atoms with Gasteiger partial charge in [0.2, 0.25) is 0 Å². The predicted octanol–water partition coefficient (Wildman–Crippen LogP) is 4.44. The lowest BCUT2D eigenvalue weighted by molar-refractivity contribution is -0.134. The second-order valence-electron chi connectivity index (χ2n) is 7.59. The second kappa shape index (κ2) is 15.7. The van der Waals surface area contributed by atoms with Crippen LogP contribution in [0.3, 0.4) is 0 Å². The summed E-state index contributed by atoms with van der Waals surface area (Å²) in [6.45, 7) is 0.298. The van der Waals surface area contributed by atoms with Crippen LogP contribution in [0.15, 0.2) is 24.3 Å². The Labute approximate surface area is 171 Å². The Morgan fingerprint density at radius 1 is 0.929 bits per heavy atom. The molecule has 1 N–H and O–H groups in total. The quantitative estimate of drug-likeness (QED) is 0.192. The van der Waals surface area contributed by atoms with E-state index in [9.17, 15) is 4.79 Å². The summed E-state index contributed by atoms with van der Waals surface area (Å²) in [5.41, 5.74) is 0. The third kappa shape index (κ3) is 9.35. The fourth-order valence-corrected chi connectivity index (χ4v) is 4.12. The zero-order valence-corrected chi connectivity index (χ0v) is 18.0. The molecule has 0 aliphatic heterocycles. The molecule has 1 fully saturated rings. The molecular weight excluding hydrogens is 356 g/mol. The highest BCUT2D eigenvalue weighted by atomic mass is 16.5. The number of carbonyl (C=O) groups excluding carboxylic acids is 1. The number of carbonyl (C=O) groups is 1. The molecule has 0 radical (unpaired) electrons. The lowest BCUT2D eigenvalue weighted by Crippen LogP contribution is -2.22. The molecule has 1 rings (SSSR count). The highest BCUT2D eigenvalue weighted by molar-refractivity contribution is 5.81. The molecule has 5 nitrogen and oxygen atoms in total. The smallest absolute Gasteiger partial charge is 0.330 e. The van der Waals surface area contributed by atoms with E-state index in [4.69, 9.17) is 14.6 Å². The second-order valence-corrected chi connectivity index (χ2v) is 7.59. The maximum Gasteiger partial charge on any atom is 0.330 e. The van der Waals surface area contributed by atoms with Crippen LogP contribution in [0.4, 0.5) is 0 Å². The van der Waals surface area contributed by atoms with Gasteiger partial charge in [0.25, 0.3) is 0 Å². The van der Waals surface area contributed by atoms with Crippen LogP contribution in [0.25, 0.3) is 0 Å². The molecule has 162 valence electrons. The van der Waals surface area contributed by atoms with Crippen molar-refractivity contribution in [2.75, 3.05) is 27.9 Å². The van der Waals surface area contributed by atoms with Gasteiger partial charge >= 0.3 is 5.97 Å². The maximum absolute atomic E-state index is 11.1. The number of hydrogen-bond acceptors (Lipinski definition) is 5. The van der Waals surface area contributed by atoms with Gasteiger partial charge in [0.05, 0.1) is 19.3 Å². The van der Waals surface area contributed by atoms with Gasteiger partial charge in [-0.05, 0) is 44.4 Å². The van der Waals surface area contributed by atoms with Gasteiger partial charge in [-0.3, -0.25) is 0 Å². The zero-order valence-electron chi connectivity index (χ0n) is 18.0. The first-order valence-electron chi connectivity index (χ1n) is 10.8. The van der Waals surface area contributed by atoms with Crippen LogP contribution in [0.5, 0.6) is 0 Å². The first kappa shape index (κ1) is 24.9. The molecular formula is C23H40O5. The minimum absolute atomic E-state index is 0.222. The summed E-state index contributed by atoms with van der Waals surface area (Å²) >= 11 is 0. The largest absolute Gasteiger partial charge is 0.466 e. The van der Waals surface area contributed by atoms with Crippen molar-refractivity contribution in [2.24, 2.45) is 11.8 Å². The van der Waals surface area contributed by atoms with E-state index in [1.807, 2.05) is 6.08 Å². The molecule has 0 saturated heterocycles. The molecule has 0 spiro atoms. The van der Waals surface area contributed by atoms with Crippen molar-refractivity contribution in [1.82, 2.24) is 0 Å². The van der Waals surface area contributed by atoms with Crippen LogP contribution >= 0.6 is 0 Å². The number of methoxy groups -OCH3 is 3. The van der Waals surface area contributed by atoms with Crippen LogP contribution in [-0.2, 0) is 19.0 Å². The van der Waals surface area contributed by atoms with E-state index in [1.165, 1.54) is 26.0 Å². The number of allylic oxidation sites excluding steroid dienone is 2. The fourth-order valence-electron chi connectivity index (χ4n) is 4.12. The third-order valence-corrected chi connectivity index (χ3v) is 5.72. The Kier molecular flexibility index (Phi) is 14.0. The van der Waals surface area contributed by atoms with Crippen LogP contribution in [-0.4, -0.2) is 51.2 Å². The molecule has 1 aliphatic rings. The van der Waals surface area contributed by atoms with Crippen molar-refractivity contribution in [3.05, 3.63) is 24.3 Å². The number of rotatable bonds is 15. The van der Waals surface area contributed by atoms with Crippen LogP contribution < -0.4 is 0 Å². The molecule has 0 bridgehead atoms. The van der Waals surface area contributed by atoms with E-state index in [-0.39, 0.29) is 18.2 Å². The van der Waals surface area contributed by atoms with E-state index in [0.29, 0.717) is 18.4 Å². The lowest BCUT2D eigenvalue weighted by atomic mass is 9.88. The zero-order chi connectivity index (χ0) is 20.6. The molecule has 0 heterocycles. The first-order chi connectivity index (χ1) is 13.7. The van der Waals surface area contributed by atoms with Crippen LogP contribution in [0.2, 0.25) is 0 Å². The molecule has 1 saturated carbocycles. The van der Waals surface area contributed by atoms with Gasteiger partial charge < -0.3 is 19.3 Å². The number of esters is 1. The molecule has 4 atom stereocenters. The summed E-state index contributed by atoms with van der Waals surface area (Å²) in [6.07, 6.45) is 19.1. The van der Waals surface area contributed by atoms with Crippen LogP contribution in [0.1, 0.15) is 64.2 Å². The number of ether oxygens (including phenoxy) is 3. The van der Waals surface area contributed by atoms with Gasteiger partial charge in [0, 0.05) is 39.2 Å². The monoisotopic (exact) mass is 396 g/mol. The van der Waals surface area contributed by atoms with E-state index in [1.54, 1.807) is 14.2 Å². The number of aliphatic hydroxyl groups excluding tert-OH is 1. The molecule has 5 heteroatoms. The maximum atomic E-state index is 11.1. The molecule has 1 unspecified atom stereocenters. The van der Waals surface area contributed by atoms with Crippen molar-refractivity contribution < 1.29 is 24.1 Å². The Hall–Kier alpha value is -1.17. The van der Waals surface area contributed by atoms with Gasteiger partial charge in [-0.15, -0.1) is 0 Å². The Bertz CT molecular complexity index is 460. The van der Waals surface area contributed by atoms with Crippen molar-refractivity contribution >= 4 is 5.97 Å². The number of aliphatic hydroxyl groups is 1. The van der Waals surface area contributed by atoms with E-state index < -0.39 is 0 Å². The highest BCUT2D eigenvalue weighted by Gasteiger charge is 2.41. The lowest BCUT2D eigenvalue weighted by Gasteiger charge is -2.23. The van der Waals surface area contributed by atoms with E-state index in [0.717, 1.165) is 51.4 Å². The van der Waals surface area contributed by atoms with Crippen molar-refractivity contribution in [3.8, 4) is 0 Å². The molecule has 0 aromatic heterocycles. The highest BCUT2D eigenvalue weighted by Crippen LogP contribution is 2.40. The standard InChI is InChI=1S/C23H40O5/c1-26-21-18-22(27-2)20(15-11-7-8-12-16-23(25)28-3)19(21)14-10-6-4-5-9-13-17-24/h10,12,14,16,19-22,24H,4-9,11,13,15,17-18H2,1-3H3/b14-10+,16-12?/t19-,20?,21-,22+/m1/s1. The van der Waals surface area contributed by atoms with Gasteiger partial charge in [-0.2, -0.15) is 0 Å².